The molecule has 0 atom stereocenters. The second-order valence-electron chi connectivity index (χ2n) is 9.68. The van der Waals surface area contributed by atoms with Gasteiger partial charge in [-0.2, -0.15) is 145 Å². The van der Waals surface area contributed by atoms with Crippen molar-refractivity contribution in [2.45, 2.75) is 95.2 Å². The van der Waals surface area contributed by atoms with Crippen LogP contribution in [0.5, 0.6) is 0 Å². The van der Waals surface area contributed by atoms with Gasteiger partial charge in [0.05, 0.1) is 0 Å². The van der Waals surface area contributed by atoms with Gasteiger partial charge in [0.25, 0.3) is 0 Å². The maximum atomic E-state index is 13.9. The number of carbonyl (C=O) groups is 1. The van der Waals surface area contributed by atoms with Crippen LogP contribution in [0.25, 0.3) is 0 Å². The molecule has 0 aliphatic heterocycles. The normalized spacial score (nSPS) is 16.8. The van der Waals surface area contributed by atoms with Crippen molar-refractivity contribution in [3.05, 3.63) is 12.7 Å². The molecule has 0 fully saturated rings. The zero-order chi connectivity index (χ0) is 45.0. The predicted molar refractivity (Wildman–Crippen MR) is 96.5 cm³/mol. The predicted octanol–water partition coefficient (Wildman–Crippen LogP) is 10.8. The minimum atomic E-state index is -10.2. The van der Waals surface area contributed by atoms with E-state index in [-0.39, 0.29) is 0 Å². The molecule has 54 heavy (non-hydrogen) atoms. The topological polar surface area (TPSA) is 26.3 Å². The Labute approximate surface area is 269 Å². The Hall–Kier alpha value is -3.10. The molecule has 0 radical (unpaired) electrons. The van der Waals surface area contributed by atoms with Crippen LogP contribution in [0.15, 0.2) is 12.7 Å². The van der Waals surface area contributed by atoms with E-state index in [0.29, 0.717) is 0 Å². The van der Waals surface area contributed by atoms with Crippen LogP contribution in [0.3, 0.4) is 0 Å². The first kappa shape index (κ1) is 50.9. The summed E-state index contributed by atoms with van der Waals surface area (Å²) in [7, 11) is 0. The molecule has 0 unspecified atom stereocenters. The van der Waals surface area contributed by atoms with Gasteiger partial charge in [-0.25, -0.2) is 4.79 Å². The maximum absolute atomic E-state index is 13.9. The summed E-state index contributed by atoms with van der Waals surface area (Å²) in [5.74, 6) is -140. The van der Waals surface area contributed by atoms with Gasteiger partial charge in [0, 0.05) is 6.08 Å². The molecule has 0 aromatic heterocycles. The Balaban J connectivity index is 7.73. The third-order valence-corrected chi connectivity index (χ3v) is 6.24. The quantitative estimate of drug-likeness (QED) is 0.0877. The molecule has 0 rings (SSSR count). The highest BCUT2D eigenvalue weighted by atomic mass is 19.4. The lowest BCUT2D eigenvalue weighted by molar-refractivity contribution is -0.493. The molecule has 2 nitrogen and oxygen atoms in total. The third kappa shape index (κ3) is 5.82. The van der Waals surface area contributed by atoms with E-state index in [1.807, 2.05) is 4.74 Å². The first-order valence-electron chi connectivity index (χ1n) is 11.3. The molecule has 0 aromatic carbocycles. The molecule has 0 spiro atoms. The number of carbonyl (C=O) groups excluding carboxylic acids is 1. The lowest BCUT2D eigenvalue weighted by atomic mass is 9.83. The van der Waals surface area contributed by atoms with E-state index in [1.165, 1.54) is 0 Å². The second-order valence-corrected chi connectivity index (χ2v) is 9.68. The van der Waals surface area contributed by atoms with Gasteiger partial charge in [-0.1, -0.05) is 6.58 Å². The van der Waals surface area contributed by atoms with E-state index in [9.17, 15) is 150 Å². The summed E-state index contributed by atoms with van der Waals surface area (Å²) < 4.78 is 446. The van der Waals surface area contributed by atoms with Gasteiger partial charge in [0.15, 0.2) is 0 Å². The van der Waals surface area contributed by atoms with Crippen LogP contribution in [0.2, 0.25) is 0 Å². The van der Waals surface area contributed by atoms with Gasteiger partial charge in [-0.15, -0.1) is 0 Å². The van der Waals surface area contributed by atoms with Crippen LogP contribution >= 0.6 is 0 Å². The molecule has 0 amide bonds. The molecule has 0 saturated heterocycles. The van der Waals surface area contributed by atoms with E-state index in [0.717, 1.165) is 0 Å². The molecule has 0 saturated carbocycles. The van der Waals surface area contributed by atoms with E-state index < -0.39 is 107 Å². The highest BCUT2D eigenvalue weighted by molar-refractivity contribution is 5.81. The fourth-order valence-electron chi connectivity index (χ4n) is 2.96. The summed E-state index contributed by atoms with van der Waals surface area (Å²) in [4.78, 5) is 10.5. The third-order valence-electron chi connectivity index (χ3n) is 6.24. The lowest BCUT2D eigenvalue weighted by Gasteiger charge is -2.46. The smallest absolute Gasteiger partial charge is 0.393 e. The van der Waals surface area contributed by atoms with Gasteiger partial charge >= 0.3 is 101 Å². The van der Waals surface area contributed by atoms with Crippen molar-refractivity contribution in [1.82, 2.24) is 0 Å². The second kappa shape index (κ2) is 12.4. The number of ether oxygens (including phenoxy) is 1. The molecule has 0 aromatic rings. The zero-order valence-corrected chi connectivity index (χ0v) is 23.1. The van der Waals surface area contributed by atoms with Crippen molar-refractivity contribution in [3.63, 3.8) is 0 Å². The van der Waals surface area contributed by atoms with Crippen LogP contribution in [0.4, 0.5) is 145 Å². The van der Waals surface area contributed by atoms with Crippen molar-refractivity contribution in [2.75, 3.05) is 0 Å². The number of alkyl halides is 33. The van der Waals surface area contributed by atoms with Crippen LogP contribution < -0.4 is 0 Å². The van der Waals surface area contributed by atoms with Gasteiger partial charge in [0.2, 0.25) is 0 Å². The molecule has 0 N–H and O–H groups in total. The zero-order valence-electron chi connectivity index (χ0n) is 23.1. The molecular formula is C19H3F33O2. The lowest BCUT2D eigenvalue weighted by Crippen LogP contribution is -2.80. The summed E-state index contributed by atoms with van der Waals surface area (Å²) >= 11 is 0. The Morgan fingerprint density at radius 3 is 0.593 bits per heavy atom. The number of hydrogen-bond acceptors (Lipinski definition) is 2. The first-order chi connectivity index (χ1) is 22.7. The average Bonchev–Trinajstić information content (AvgIpc) is 2.94. The largest absolute Gasteiger partial charge is 0.473 e. The van der Waals surface area contributed by atoms with Crippen LogP contribution in [-0.2, 0) is 9.53 Å². The average molecular weight is 890 g/mol. The maximum Gasteiger partial charge on any atom is 0.473 e. The summed E-state index contributed by atoms with van der Waals surface area (Å²) in [5.41, 5.74) is 0. The Morgan fingerprint density at radius 1 is 0.296 bits per heavy atom. The number of hydrogen-bond donors (Lipinski definition) is 0. The molecule has 35 heteroatoms. The summed E-state index contributed by atoms with van der Waals surface area (Å²) in [6.45, 7) is 2.06. The molecular weight excluding hydrogens is 887 g/mol. The van der Waals surface area contributed by atoms with Gasteiger partial charge < -0.3 is 4.74 Å². The van der Waals surface area contributed by atoms with Gasteiger partial charge in [-0.3, -0.25) is 0 Å². The highest BCUT2D eigenvalue weighted by Crippen LogP contribution is 2.69. The fraction of sp³-hybridized carbons (Fsp3) is 0.842. The van der Waals surface area contributed by atoms with Gasteiger partial charge in [0.1, 0.15) is 0 Å². The standard InChI is InChI=1S/C19H3F33O2/c1-2-3(53)54-19(51,52)17(46,47)15(42,43)13(38,39)11(34,35)9(30,31)7(26,27)5(22,23)4(20,21)6(24,25)8(28,29)10(32,33)12(36,37)14(40,41)16(44,45)18(48,49)50/h2H,1H2. The van der Waals surface area contributed by atoms with Crippen molar-refractivity contribution >= 4 is 5.97 Å². The van der Waals surface area contributed by atoms with E-state index in [1.54, 1.807) is 0 Å². The Morgan fingerprint density at radius 2 is 0.444 bits per heavy atom. The van der Waals surface area contributed by atoms with Crippen LogP contribution in [0.1, 0.15) is 0 Å². The van der Waals surface area contributed by atoms with Crippen molar-refractivity contribution in [1.29, 1.82) is 0 Å². The minimum absolute atomic E-state index is 0.800. The Bertz CT molecular complexity index is 1410. The molecule has 0 bridgehead atoms. The van der Waals surface area contributed by atoms with E-state index in [2.05, 4.69) is 6.58 Å². The van der Waals surface area contributed by atoms with Gasteiger partial charge in [-0.05, 0) is 0 Å². The molecule has 0 heterocycles. The molecule has 322 valence electrons. The Kier molecular flexibility index (Phi) is 11.7. The van der Waals surface area contributed by atoms with E-state index >= 15 is 0 Å². The monoisotopic (exact) mass is 890 g/mol. The summed E-state index contributed by atoms with van der Waals surface area (Å²) in [6, 6.07) is 0. The number of esters is 1. The fourth-order valence-corrected chi connectivity index (χ4v) is 2.96. The number of halogens is 33. The van der Waals surface area contributed by atoms with Crippen LogP contribution in [0, 0.1) is 0 Å². The summed E-state index contributed by atoms with van der Waals surface area (Å²) in [5, 5.41) is 0. The molecule has 0 aliphatic rings. The van der Waals surface area contributed by atoms with E-state index in [4.69, 9.17) is 0 Å². The van der Waals surface area contributed by atoms with Crippen molar-refractivity contribution in [2.24, 2.45) is 0 Å². The van der Waals surface area contributed by atoms with Crippen LogP contribution in [-0.4, -0.2) is 101 Å². The highest BCUT2D eigenvalue weighted by Gasteiger charge is 3.02. The molecule has 0 aliphatic carbocycles. The summed E-state index contributed by atoms with van der Waals surface area (Å²) in [6.07, 6.45) is -17.0. The minimum Gasteiger partial charge on any atom is -0.393 e. The number of rotatable bonds is 16. The SMILES string of the molecule is C=CC(=O)OC(F)(F)C(F)(F)C(F)(F)C(F)(F)C(F)(F)C(F)(F)C(F)(F)C(F)(F)C(F)(F)C(F)(F)C(F)(F)C(F)(F)C(F)(F)C(F)(F)C(F)(F)C(F)(F)F. The van der Waals surface area contributed by atoms with Crippen molar-refractivity contribution < 1.29 is 154 Å². The van der Waals surface area contributed by atoms with Crippen molar-refractivity contribution in [3.8, 4) is 0 Å². The first-order valence-corrected chi connectivity index (χ1v) is 11.3.